The number of hydrogen-bond donors (Lipinski definition) is 2. The van der Waals surface area contributed by atoms with E-state index in [4.69, 9.17) is 30.2 Å². The number of benzene rings is 1. The maximum atomic E-state index is 12.6. The Morgan fingerprint density at radius 2 is 1.47 bits per heavy atom. The van der Waals surface area contributed by atoms with Crippen molar-refractivity contribution in [3.8, 4) is 11.4 Å². The zero-order valence-electron chi connectivity index (χ0n) is 18.6. The summed E-state index contributed by atoms with van der Waals surface area (Å²) in [5.74, 6) is 1.53. The molecule has 1 aromatic carbocycles. The molecule has 12 nitrogen and oxygen atoms in total. The molecular formula is C22H25N9O3. The second-order valence-corrected chi connectivity index (χ2v) is 7.82. The molecule has 2 aliphatic heterocycles. The number of amides is 1. The van der Waals surface area contributed by atoms with Crippen LogP contribution >= 0.6 is 0 Å². The van der Waals surface area contributed by atoms with Crippen molar-refractivity contribution in [2.75, 3.05) is 73.5 Å². The highest BCUT2D eigenvalue weighted by Crippen LogP contribution is 2.25. The van der Waals surface area contributed by atoms with Gasteiger partial charge in [-0.3, -0.25) is 4.79 Å². The monoisotopic (exact) mass is 463 g/mol. The molecule has 5 rings (SSSR count). The molecule has 0 radical (unpaired) electrons. The van der Waals surface area contributed by atoms with Crippen LogP contribution in [0.5, 0.6) is 0 Å². The van der Waals surface area contributed by atoms with Gasteiger partial charge in [-0.1, -0.05) is 12.1 Å². The Labute approximate surface area is 196 Å². The van der Waals surface area contributed by atoms with Crippen molar-refractivity contribution in [2.45, 2.75) is 0 Å². The number of aromatic nitrogens is 5. The van der Waals surface area contributed by atoms with Crippen LogP contribution in [0, 0.1) is 0 Å². The second-order valence-electron chi connectivity index (χ2n) is 7.82. The molecule has 0 bridgehead atoms. The van der Waals surface area contributed by atoms with Crippen molar-refractivity contribution in [1.82, 2.24) is 24.9 Å². The summed E-state index contributed by atoms with van der Waals surface area (Å²) in [5, 5.41) is 2.86. The maximum Gasteiger partial charge on any atom is 0.258 e. The largest absolute Gasteiger partial charge is 0.378 e. The van der Waals surface area contributed by atoms with Crippen LogP contribution in [0.1, 0.15) is 10.4 Å². The Morgan fingerprint density at radius 3 is 2.06 bits per heavy atom. The van der Waals surface area contributed by atoms with E-state index in [1.54, 1.807) is 6.07 Å². The zero-order valence-corrected chi connectivity index (χ0v) is 18.6. The van der Waals surface area contributed by atoms with Gasteiger partial charge in [-0.05, 0) is 12.1 Å². The van der Waals surface area contributed by atoms with E-state index in [-0.39, 0.29) is 11.9 Å². The van der Waals surface area contributed by atoms with Gasteiger partial charge in [-0.2, -0.15) is 15.0 Å². The van der Waals surface area contributed by atoms with E-state index in [1.165, 1.54) is 12.4 Å². The van der Waals surface area contributed by atoms with Crippen molar-refractivity contribution < 1.29 is 14.3 Å². The summed E-state index contributed by atoms with van der Waals surface area (Å²) >= 11 is 0. The molecule has 2 aliphatic rings. The third-order valence-corrected chi connectivity index (χ3v) is 5.51. The first kappa shape index (κ1) is 21.9. The Bertz CT molecular complexity index is 1110. The normalized spacial score (nSPS) is 16.4. The van der Waals surface area contributed by atoms with E-state index in [1.807, 2.05) is 18.2 Å². The summed E-state index contributed by atoms with van der Waals surface area (Å²) in [7, 11) is 0. The van der Waals surface area contributed by atoms with E-state index >= 15 is 0 Å². The molecule has 0 atom stereocenters. The Balaban J connectivity index is 1.44. The number of nitrogens with two attached hydrogens (primary N) is 1. The van der Waals surface area contributed by atoms with Gasteiger partial charge >= 0.3 is 0 Å². The van der Waals surface area contributed by atoms with Gasteiger partial charge < -0.3 is 30.3 Å². The first-order valence-corrected chi connectivity index (χ1v) is 11.1. The van der Waals surface area contributed by atoms with Crippen LogP contribution in [0.15, 0.2) is 36.7 Å². The third-order valence-electron chi connectivity index (χ3n) is 5.51. The molecule has 0 unspecified atom stereocenters. The number of hydrogen-bond acceptors (Lipinski definition) is 11. The SMILES string of the molecule is Nc1ncc(C(=O)Nc2cccc(-c3nc(N4CCOCC4)nc(N4CCOCC4)n3)c2)cn1. The summed E-state index contributed by atoms with van der Waals surface area (Å²) in [6, 6.07) is 7.38. The molecule has 1 amide bonds. The van der Waals surface area contributed by atoms with Gasteiger partial charge in [-0.25, -0.2) is 9.97 Å². The number of nitrogens with one attached hydrogen (secondary N) is 1. The van der Waals surface area contributed by atoms with Crippen LogP contribution < -0.4 is 20.9 Å². The fraction of sp³-hybridized carbons (Fsp3) is 0.364. The fourth-order valence-corrected chi connectivity index (χ4v) is 3.69. The lowest BCUT2D eigenvalue weighted by Gasteiger charge is -2.30. The number of nitrogens with zero attached hydrogens (tertiary/aromatic N) is 7. The van der Waals surface area contributed by atoms with Crippen molar-refractivity contribution >= 4 is 29.4 Å². The summed E-state index contributed by atoms with van der Waals surface area (Å²) in [5.41, 5.74) is 7.17. The van der Waals surface area contributed by atoms with Gasteiger partial charge in [0.1, 0.15) is 0 Å². The van der Waals surface area contributed by atoms with Crippen molar-refractivity contribution in [2.24, 2.45) is 0 Å². The van der Waals surface area contributed by atoms with E-state index in [0.717, 1.165) is 5.56 Å². The number of rotatable bonds is 5. The number of anilines is 4. The number of nitrogen functional groups attached to an aromatic ring is 1. The van der Waals surface area contributed by atoms with Crippen LogP contribution in [-0.2, 0) is 9.47 Å². The molecule has 34 heavy (non-hydrogen) atoms. The molecule has 12 heteroatoms. The van der Waals surface area contributed by atoms with Crippen LogP contribution in [0.3, 0.4) is 0 Å². The van der Waals surface area contributed by atoms with E-state index < -0.39 is 0 Å². The van der Waals surface area contributed by atoms with Crippen molar-refractivity contribution in [3.05, 3.63) is 42.2 Å². The van der Waals surface area contributed by atoms with Gasteiger partial charge in [0.2, 0.25) is 17.8 Å². The van der Waals surface area contributed by atoms with Crippen LogP contribution in [0.4, 0.5) is 23.5 Å². The molecular weight excluding hydrogens is 438 g/mol. The highest BCUT2D eigenvalue weighted by Gasteiger charge is 2.21. The minimum Gasteiger partial charge on any atom is -0.378 e. The first-order chi connectivity index (χ1) is 16.7. The van der Waals surface area contributed by atoms with E-state index in [9.17, 15) is 4.79 Å². The average Bonchev–Trinajstić information content (AvgIpc) is 2.90. The molecule has 2 fully saturated rings. The summed E-state index contributed by atoms with van der Waals surface area (Å²) < 4.78 is 11.0. The Hall–Kier alpha value is -3.90. The Kier molecular flexibility index (Phi) is 6.40. The molecule has 4 heterocycles. The number of carbonyl (C=O) groups is 1. The molecule has 0 spiro atoms. The summed E-state index contributed by atoms with van der Waals surface area (Å²) in [6.45, 7) is 5.37. The van der Waals surface area contributed by atoms with Gasteiger partial charge in [0.15, 0.2) is 5.82 Å². The highest BCUT2D eigenvalue weighted by atomic mass is 16.5. The van der Waals surface area contributed by atoms with Crippen LogP contribution in [0.2, 0.25) is 0 Å². The quantitative estimate of drug-likeness (QED) is 0.555. The number of ether oxygens (including phenoxy) is 2. The minimum atomic E-state index is -0.337. The Morgan fingerprint density at radius 1 is 0.882 bits per heavy atom. The topological polar surface area (TPSA) is 145 Å². The fourth-order valence-electron chi connectivity index (χ4n) is 3.69. The molecule has 3 aromatic rings. The smallest absolute Gasteiger partial charge is 0.258 e. The summed E-state index contributed by atoms with van der Waals surface area (Å²) in [6.07, 6.45) is 2.77. The average molecular weight is 464 g/mol. The predicted molar refractivity (Wildman–Crippen MR) is 126 cm³/mol. The van der Waals surface area contributed by atoms with Gasteiger partial charge in [0.05, 0.1) is 32.0 Å². The van der Waals surface area contributed by atoms with Crippen molar-refractivity contribution in [3.63, 3.8) is 0 Å². The highest BCUT2D eigenvalue weighted by molar-refractivity contribution is 6.04. The molecule has 0 saturated carbocycles. The lowest BCUT2D eigenvalue weighted by molar-refractivity contribution is 0.102. The standard InChI is InChI=1S/C22H25N9O3/c23-20-24-13-16(14-25-20)19(32)26-17-3-1-2-15(12-17)18-27-21(30-4-8-33-9-5-30)29-22(28-18)31-6-10-34-11-7-31/h1-3,12-14H,4-11H2,(H,26,32)(H2,23,24,25). The van der Waals surface area contributed by atoms with E-state index in [0.29, 0.717) is 81.6 Å². The second kappa shape index (κ2) is 9.93. The maximum absolute atomic E-state index is 12.6. The summed E-state index contributed by atoms with van der Waals surface area (Å²) in [4.78, 5) is 38.8. The lowest BCUT2D eigenvalue weighted by Crippen LogP contribution is -2.40. The molecule has 176 valence electrons. The third kappa shape index (κ3) is 5.02. The van der Waals surface area contributed by atoms with E-state index in [2.05, 4.69) is 25.1 Å². The van der Waals surface area contributed by atoms with Gasteiger partial charge in [0.25, 0.3) is 5.91 Å². The molecule has 3 N–H and O–H groups in total. The minimum absolute atomic E-state index is 0.112. The lowest BCUT2D eigenvalue weighted by atomic mass is 10.2. The zero-order chi connectivity index (χ0) is 23.3. The predicted octanol–water partition coefficient (Wildman–Crippen LogP) is 0.836. The van der Waals surface area contributed by atoms with Crippen LogP contribution in [-0.4, -0.2) is 83.4 Å². The van der Waals surface area contributed by atoms with Crippen molar-refractivity contribution in [1.29, 1.82) is 0 Å². The first-order valence-electron chi connectivity index (χ1n) is 11.1. The van der Waals surface area contributed by atoms with Gasteiger partial charge in [-0.15, -0.1) is 0 Å². The number of morpholine rings is 2. The number of carbonyl (C=O) groups excluding carboxylic acids is 1. The van der Waals surface area contributed by atoms with Crippen LogP contribution in [0.25, 0.3) is 11.4 Å². The molecule has 0 aliphatic carbocycles. The van der Waals surface area contributed by atoms with Gasteiger partial charge in [0, 0.05) is 49.8 Å². The molecule has 2 saturated heterocycles. The molecule has 2 aromatic heterocycles.